The van der Waals surface area contributed by atoms with Gasteiger partial charge in [-0.05, 0) is 46.8 Å². The van der Waals surface area contributed by atoms with Gasteiger partial charge in [0.2, 0.25) is 0 Å². The molecule has 1 aromatic heterocycles. The van der Waals surface area contributed by atoms with E-state index in [0.717, 1.165) is 21.5 Å². The maximum Gasteiger partial charge on any atom is 0.417 e. The summed E-state index contributed by atoms with van der Waals surface area (Å²) in [5.41, 5.74) is -1.28. The third-order valence-corrected chi connectivity index (χ3v) is 3.57. The molecule has 3 aromatic rings. The van der Waals surface area contributed by atoms with Crippen molar-refractivity contribution in [1.29, 1.82) is 0 Å². The molecule has 0 aliphatic heterocycles. The Morgan fingerprint density at radius 1 is 1.04 bits per heavy atom. The van der Waals surface area contributed by atoms with Crippen molar-refractivity contribution in [2.45, 2.75) is 6.18 Å². The Hall–Kier alpha value is -3.43. The number of tetrazole rings is 1. The van der Waals surface area contributed by atoms with Crippen molar-refractivity contribution in [3.63, 3.8) is 0 Å². The van der Waals surface area contributed by atoms with Crippen LogP contribution in [0, 0.1) is 0 Å². The van der Waals surface area contributed by atoms with Gasteiger partial charge in [-0.1, -0.05) is 12.1 Å². The smallest absolute Gasteiger partial charge is 0.322 e. The van der Waals surface area contributed by atoms with Crippen molar-refractivity contribution < 1.29 is 18.0 Å². The van der Waals surface area contributed by atoms with Gasteiger partial charge >= 0.3 is 11.9 Å². The Kier molecular flexibility index (Phi) is 4.33. The Morgan fingerprint density at radius 2 is 1.69 bits per heavy atom. The van der Waals surface area contributed by atoms with E-state index in [2.05, 4.69) is 15.7 Å². The van der Waals surface area contributed by atoms with E-state index >= 15 is 0 Å². The number of anilines is 1. The fraction of sp³-hybridized carbons (Fsp3) is 0.125. The zero-order chi connectivity index (χ0) is 18.9. The summed E-state index contributed by atoms with van der Waals surface area (Å²) < 4.78 is 41.1. The Morgan fingerprint density at radius 3 is 2.27 bits per heavy atom. The Bertz CT molecular complexity index is 1010. The average molecular weight is 363 g/mol. The van der Waals surface area contributed by atoms with Gasteiger partial charge in [0.25, 0.3) is 5.91 Å². The van der Waals surface area contributed by atoms with Crippen LogP contribution in [-0.4, -0.2) is 25.7 Å². The van der Waals surface area contributed by atoms with Crippen LogP contribution >= 0.6 is 0 Å². The average Bonchev–Trinajstić information content (AvgIpc) is 2.94. The van der Waals surface area contributed by atoms with Gasteiger partial charge in [-0.2, -0.15) is 22.5 Å². The van der Waals surface area contributed by atoms with Crippen molar-refractivity contribution in [2.24, 2.45) is 7.05 Å². The number of rotatable bonds is 3. The highest BCUT2D eigenvalue weighted by molar-refractivity contribution is 6.05. The summed E-state index contributed by atoms with van der Waals surface area (Å²) in [5.74, 6) is -0.887. The number of amides is 1. The van der Waals surface area contributed by atoms with E-state index in [1.54, 1.807) is 0 Å². The normalized spacial score (nSPS) is 11.4. The van der Waals surface area contributed by atoms with E-state index < -0.39 is 28.9 Å². The molecule has 2 aromatic carbocycles. The minimum atomic E-state index is -4.63. The first-order valence-electron chi connectivity index (χ1n) is 7.34. The number of hydrogen-bond donors (Lipinski definition) is 1. The molecule has 1 amide bonds. The van der Waals surface area contributed by atoms with Crippen molar-refractivity contribution in [2.75, 3.05) is 5.32 Å². The topological polar surface area (TPSA) is 81.8 Å². The van der Waals surface area contributed by atoms with E-state index in [-0.39, 0.29) is 5.69 Å². The number of aromatic nitrogens is 4. The monoisotopic (exact) mass is 363 g/mol. The van der Waals surface area contributed by atoms with Gasteiger partial charge in [0.1, 0.15) is 0 Å². The van der Waals surface area contributed by atoms with Gasteiger partial charge < -0.3 is 5.32 Å². The summed E-state index contributed by atoms with van der Waals surface area (Å²) in [6.45, 7) is 0. The highest BCUT2D eigenvalue weighted by Crippen LogP contribution is 2.32. The van der Waals surface area contributed by atoms with Gasteiger partial charge in [-0.15, -0.1) is 0 Å². The highest BCUT2D eigenvalue weighted by Gasteiger charge is 2.34. The molecule has 26 heavy (non-hydrogen) atoms. The summed E-state index contributed by atoms with van der Waals surface area (Å²) in [6.07, 6.45) is -4.63. The van der Waals surface area contributed by atoms with Crippen molar-refractivity contribution in [3.8, 4) is 5.69 Å². The van der Waals surface area contributed by atoms with Crippen molar-refractivity contribution in [1.82, 2.24) is 19.8 Å². The van der Waals surface area contributed by atoms with E-state index in [4.69, 9.17) is 0 Å². The van der Waals surface area contributed by atoms with Gasteiger partial charge in [0, 0.05) is 12.7 Å². The lowest BCUT2D eigenvalue weighted by atomic mass is 10.1. The van der Waals surface area contributed by atoms with Crippen LogP contribution in [-0.2, 0) is 13.2 Å². The van der Waals surface area contributed by atoms with Crippen LogP contribution in [0.15, 0.2) is 53.3 Å². The van der Waals surface area contributed by atoms with Crippen molar-refractivity contribution >= 4 is 11.6 Å². The van der Waals surface area contributed by atoms with Crippen LogP contribution in [0.1, 0.15) is 15.9 Å². The lowest BCUT2D eigenvalue weighted by Gasteiger charge is -2.12. The van der Waals surface area contributed by atoms with Crippen LogP contribution in [0.25, 0.3) is 5.69 Å². The number of aryl methyl sites for hydroxylation is 1. The molecule has 1 N–H and O–H groups in total. The molecule has 134 valence electrons. The standard InChI is InChI=1S/C16H12F3N5O2/c1-23-15(26)24(22-21-23)11-8-6-10(7-9-11)20-14(25)12-4-2-3-5-13(12)16(17,18)19/h2-9H,1H3,(H,20,25). The highest BCUT2D eigenvalue weighted by atomic mass is 19.4. The molecule has 0 spiro atoms. The van der Waals surface area contributed by atoms with E-state index in [1.165, 1.54) is 43.4 Å². The molecule has 0 saturated carbocycles. The first-order chi connectivity index (χ1) is 12.3. The molecule has 7 nitrogen and oxygen atoms in total. The molecular weight excluding hydrogens is 351 g/mol. The molecule has 0 bridgehead atoms. The predicted octanol–water partition coefficient (Wildman–Crippen LogP) is 2.24. The number of nitrogens with one attached hydrogen (secondary N) is 1. The molecule has 0 fully saturated rings. The van der Waals surface area contributed by atoms with Gasteiger partial charge in [-0.25, -0.2) is 4.79 Å². The fourth-order valence-corrected chi connectivity index (χ4v) is 2.29. The van der Waals surface area contributed by atoms with Gasteiger partial charge in [-0.3, -0.25) is 4.79 Å². The lowest BCUT2D eigenvalue weighted by Crippen LogP contribution is -2.22. The largest absolute Gasteiger partial charge is 0.417 e. The summed E-state index contributed by atoms with van der Waals surface area (Å²) in [4.78, 5) is 24.0. The summed E-state index contributed by atoms with van der Waals surface area (Å²) in [5, 5.41) is 9.65. The quantitative estimate of drug-likeness (QED) is 0.774. The second-order valence-corrected chi connectivity index (χ2v) is 5.34. The molecule has 0 aliphatic rings. The zero-order valence-electron chi connectivity index (χ0n) is 13.4. The number of nitrogens with zero attached hydrogens (tertiary/aromatic N) is 4. The number of halogens is 3. The molecule has 1 heterocycles. The molecule has 10 heteroatoms. The molecule has 3 rings (SSSR count). The van der Waals surface area contributed by atoms with Crippen LogP contribution in [0.4, 0.5) is 18.9 Å². The molecule has 0 atom stereocenters. The Labute approximate surface area is 144 Å². The first kappa shape index (κ1) is 17.4. The maximum atomic E-state index is 13.0. The predicted molar refractivity (Wildman–Crippen MR) is 86.0 cm³/mol. The van der Waals surface area contributed by atoms with Crippen LogP contribution in [0.5, 0.6) is 0 Å². The second kappa shape index (κ2) is 6.47. The molecule has 0 aliphatic carbocycles. The summed E-state index contributed by atoms with van der Waals surface area (Å²) in [6, 6.07) is 10.4. The molecular formula is C16H12F3N5O2. The van der Waals surface area contributed by atoms with Gasteiger partial charge in [0.15, 0.2) is 0 Å². The molecule has 0 radical (unpaired) electrons. The van der Waals surface area contributed by atoms with E-state index in [0.29, 0.717) is 5.69 Å². The fourth-order valence-electron chi connectivity index (χ4n) is 2.29. The lowest BCUT2D eigenvalue weighted by molar-refractivity contribution is -0.137. The van der Waals surface area contributed by atoms with Gasteiger partial charge in [0.05, 0.1) is 16.8 Å². The minimum Gasteiger partial charge on any atom is -0.322 e. The number of carbonyl (C=O) groups is 1. The second-order valence-electron chi connectivity index (χ2n) is 5.34. The zero-order valence-corrected chi connectivity index (χ0v) is 13.4. The van der Waals surface area contributed by atoms with E-state index in [1.807, 2.05) is 0 Å². The number of hydrogen-bond acceptors (Lipinski definition) is 4. The maximum absolute atomic E-state index is 13.0. The third-order valence-electron chi connectivity index (χ3n) is 3.57. The SMILES string of the molecule is Cn1nnn(-c2ccc(NC(=O)c3ccccc3C(F)(F)F)cc2)c1=O. The number of benzene rings is 2. The summed E-state index contributed by atoms with van der Waals surface area (Å²) >= 11 is 0. The summed E-state index contributed by atoms with van der Waals surface area (Å²) in [7, 11) is 1.44. The minimum absolute atomic E-state index is 0.271. The number of alkyl halides is 3. The van der Waals surface area contributed by atoms with E-state index in [9.17, 15) is 22.8 Å². The third kappa shape index (κ3) is 3.34. The molecule has 0 unspecified atom stereocenters. The van der Waals surface area contributed by atoms with Crippen molar-refractivity contribution in [3.05, 3.63) is 70.1 Å². The molecule has 0 saturated heterocycles. The van der Waals surface area contributed by atoms with Crippen LogP contribution in [0.2, 0.25) is 0 Å². The van der Waals surface area contributed by atoms with Crippen LogP contribution in [0.3, 0.4) is 0 Å². The Balaban J connectivity index is 1.83. The van der Waals surface area contributed by atoms with Crippen LogP contribution < -0.4 is 11.0 Å². The number of carbonyl (C=O) groups excluding carboxylic acids is 1. The first-order valence-corrected chi connectivity index (χ1v) is 7.34.